The summed E-state index contributed by atoms with van der Waals surface area (Å²) in [6.45, 7) is 0. The first-order chi connectivity index (χ1) is 12.8. The van der Waals surface area contributed by atoms with Gasteiger partial charge in [-0.2, -0.15) is 0 Å². The maximum absolute atomic E-state index is 12.6. The SMILES string of the molecule is O=C(Nc1cccc(OC(F)(F)F)c1)[C@@H]1CSCN1C(=O)c1ccccc1. The molecule has 142 valence electrons. The molecule has 1 aliphatic rings. The van der Waals surface area contributed by atoms with Crippen LogP contribution in [0, 0.1) is 0 Å². The normalized spacial score (nSPS) is 16.9. The van der Waals surface area contributed by atoms with E-state index in [1.54, 1.807) is 30.3 Å². The Morgan fingerprint density at radius 3 is 2.56 bits per heavy atom. The zero-order valence-electron chi connectivity index (χ0n) is 13.9. The maximum Gasteiger partial charge on any atom is 0.573 e. The van der Waals surface area contributed by atoms with E-state index in [0.29, 0.717) is 17.2 Å². The van der Waals surface area contributed by atoms with Gasteiger partial charge in [-0.3, -0.25) is 9.59 Å². The molecule has 0 unspecified atom stereocenters. The van der Waals surface area contributed by atoms with Gasteiger partial charge in [0.05, 0.1) is 5.88 Å². The van der Waals surface area contributed by atoms with Crippen molar-refractivity contribution in [2.45, 2.75) is 12.4 Å². The van der Waals surface area contributed by atoms with Crippen molar-refractivity contribution in [3.05, 3.63) is 60.2 Å². The molecule has 2 amide bonds. The molecule has 1 N–H and O–H groups in total. The smallest absolute Gasteiger partial charge is 0.406 e. The molecular formula is C18H15F3N2O3S. The number of alkyl halides is 3. The lowest BCUT2D eigenvalue weighted by Crippen LogP contribution is -2.44. The third-order valence-corrected chi connectivity index (χ3v) is 4.81. The quantitative estimate of drug-likeness (QED) is 0.856. The highest BCUT2D eigenvalue weighted by Gasteiger charge is 2.35. The summed E-state index contributed by atoms with van der Waals surface area (Å²) in [7, 11) is 0. The second-order valence-corrected chi connectivity index (χ2v) is 6.72. The molecule has 0 aromatic heterocycles. The van der Waals surface area contributed by atoms with Crippen LogP contribution in [0.15, 0.2) is 54.6 Å². The largest absolute Gasteiger partial charge is 0.573 e. The summed E-state index contributed by atoms with van der Waals surface area (Å²) >= 11 is 1.43. The fourth-order valence-corrected chi connectivity index (χ4v) is 3.76. The monoisotopic (exact) mass is 396 g/mol. The molecule has 5 nitrogen and oxygen atoms in total. The number of ether oxygens (including phenoxy) is 1. The van der Waals surface area contributed by atoms with E-state index < -0.39 is 24.1 Å². The van der Waals surface area contributed by atoms with Crippen molar-refractivity contribution in [3.63, 3.8) is 0 Å². The predicted molar refractivity (Wildman–Crippen MR) is 95.5 cm³/mol. The van der Waals surface area contributed by atoms with E-state index in [0.717, 1.165) is 12.1 Å². The summed E-state index contributed by atoms with van der Waals surface area (Å²) in [6.07, 6.45) is -4.82. The van der Waals surface area contributed by atoms with Gasteiger partial charge in [-0.1, -0.05) is 24.3 Å². The molecule has 1 saturated heterocycles. The third kappa shape index (κ3) is 4.94. The first-order valence-electron chi connectivity index (χ1n) is 7.94. The van der Waals surface area contributed by atoms with Crippen LogP contribution in [0.25, 0.3) is 0 Å². The number of rotatable bonds is 4. The fraction of sp³-hybridized carbons (Fsp3) is 0.222. The number of nitrogens with one attached hydrogen (secondary N) is 1. The van der Waals surface area contributed by atoms with Crippen LogP contribution in [0.4, 0.5) is 18.9 Å². The molecule has 27 heavy (non-hydrogen) atoms. The Bertz CT molecular complexity index is 830. The molecule has 0 bridgehead atoms. The topological polar surface area (TPSA) is 58.6 Å². The molecule has 1 aliphatic heterocycles. The summed E-state index contributed by atoms with van der Waals surface area (Å²) in [5.74, 6) is -0.395. The van der Waals surface area contributed by atoms with Gasteiger partial charge in [0.25, 0.3) is 5.91 Å². The van der Waals surface area contributed by atoms with Crippen LogP contribution in [0.2, 0.25) is 0 Å². The van der Waals surface area contributed by atoms with Gasteiger partial charge in [-0.05, 0) is 24.3 Å². The van der Waals surface area contributed by atoms with Gasteiger partial charge in [0.2, 0.25) is 5.91 Å². The maximum atomic E-state index is 12.6. The minimum Gasteiger partial charge on any atom is -0.406 e. The van der Waals surface area contributed by atoms with Crippen LogP contribution in [-0.4, -0.2) is 40.7 Å². The van der Waals surface area contributed by atoms with Gasteiger partial charge in [-0.25, -0.2) is 0 Å². The number of halogens is 3. The highest BCUT2D eigenvalue weighted by molar-refractivity contribution is 7.99. The van der Waals surface area contributed by atoms with E-state index in [1.165, 1.54) is 28.8 Å². The fourth-order valence-electron chi connectivity index (χ4n) is 2.60. The standard InChI is InChI=1S/C18H15F3N2O3S/c19-18(20,21)26-14-8-4-7-13(9-14)22-16(24)15-10-27-11-23(15)17(25)12-5-2-1-3-6-12/h1-9,15H,10-11H2,(H,22,24)/t15-/m0/s1. The molecule has 0 aliphatic carbocycles. The van der Waals surface area contributed by atoms with Crippen LogP contribution in [0.3, 0.4) is 0 Å². The molecule has 0 saturated carbocycles. The van der Waals surface area contributed by atoms with E-state index in [9.17, 15) is 22.8 Å². The Labute approximate surface area is 157 Å². The molecule has 1 fully saturated rings. The first-order valence-corrected chi connectivity index (χ1v) is 9.09. The molecular weight excluding hydrogens is 381 g/mol. The van der Waals surface area contributed by atoms with E-state index >= 15 is 0 Å². The Morgan fingerprint density at radius 1 is 1.11 bits per heavy atom. The molecule has 2 aromatic rings. The summed E-state index contributed by atoms with van der Waals surface area (Å²) in [5.41, 5.74) is 0.629. The number of nitrogens with zero attached hydrogens (tertiary/aromatic N) is 1. The minimum absolute atomic E-state index is 0.158. The number of benzene rings is 2. The number of amides is 2. The van der Waals surface area contributed by atoms with Crippen LogP contribution in [0.1, 0.15) is 10.4 Å². The molecule has 1 heterocycles. The van der Waals surface area contributed by atoms with Gasteiger partial charge >= 0.3 is 6.36 Å². The van der Waals surface area contributed by atoms with Gasteiger partial charge in [0.1, 0.15) is 11.8 Å². The van der Waals surface area contributed by atoms with Crippen molar-refractivity contribution in [1.82, 2.24) is 4.90 Å². The summed E-state index contributed by atoms with van der Waals surface area (Å²) < 4.78 is 40.8. The minimum atomic E-state index is -4.82. The second kappa shape index (κ2) is 7.91. The molecule has 3 rings (SSSR count). The van der Waals surface area contributed by atoms with Crippen molar-refractivity contribution >= 4 is 29.3 Å². The molecule has 1 atom stereocenters. The van der Waals surface area contributed by atoms with Crippen LogP contribution in [-0.2, 0) is 4.79 Å². The van der Waals surface area contributed by atoms with Crippen molar-refractivity contribution in [1.29, 1.82) is 0 Å². The van der Waals surface area contributed by atoms with Crippen LogP contribution >= 0.6 is 11.8 Å². The lowest BCUT2D eigenvalue weighted by atomic mass is 10.1. The second-order valence-electron chi connectivity index (χ2n) is 5.72. The summed E-state index contributed by atoms with van der Waals surface area (Å²) in [5, 5.41) is 2.55. The average Bonchev–Trinajstić information content (AvgIpc) is 3.10. The van der Waals surface area contributed by atoms with Gasteiger partial charge < -0.3 is 15.0 Å². The lowest BCUT2D eigenvalue weighted by molar-refractivity contribution is -0.274. The Morgan fingerprint density at radius 2 is 1.85 bits per heavy atom. The van der Waals surface area contributed by atoms with Gasteiger partial charge in [0, 0.05) is 23.1 Å². The Hall–Kier alpha value is -2.68. The third-order valence-electron chi connectivity index (χ3n) is 3.80. The number of carbonyl (C=O) groups is 2. The van der Waals surface area contributed by atoms with Crippen LogP contribution in [0.5, 0.6) is 5.75 Å². The highest BCUT2D eigenvalue weighted by atomic mass is 32.2. The number of thioether (sulfide) groups is 1. The molecule has 0 spiro atoms. The highest BCUT2D eigenvalue weighted by Crippen LogP contribution is 2.27. The van der Waals surface area contributed by atoms with E-state index in [1.807, 2.05) is 0 Å². The average molecular weight is 396 g/mol. The number of anilines is 1. The van der Waals surface area contributed by atoms with E-state index in [2.05, 4.69) is 10.1 Å². The van der Waals surface area contributed by atoms with Crippen molar-refractivity contribution in [2.75, 3.05) is 16.9 Å². The summed E-state index contributed by atoms with van der Waals surface area (Å²) in [6, 6.07) is 12.9. The molecule has 2 aromatic carbocycles. The predicted octanol–water partition coefficient (Wildman–Crippen LogP) is 3.74. The van der Waals surface area contributed by atoms with Crippen molar-refractivity contribution in [2.24, 2.45) is 0 Å². The number of carbonyl (C=O) groups excluding carboxylic acids is 2. The van der Waals surface area contributed by atoms with E-state index in [4.69, 9.17) is 0 Å². The molecule has 9 heteroatoms. The van der Waals surface area contributed by atoms with Gasteiger partial charge in [0.15, 0.2) is 0 Å². The van der Waals surface area contributed by atoms with E-state index in [-0.39, 0.29) is 11.6 Å². The van der Waals surface area contributed by atoms with Gasteiger partial charge in [-0.15, -0.1) is 24.9 Å². The zero-order chi connectivity index (χ0) is 19.4. The number of hydrogen-bond donors (Lipinski definition) is 1. The molecule has 0 radical (unpaired) electrons. The van der Waals surface area contributed by atoms with Crippen molar-refractivity contribution in [3.8, 4) is 5.75 Å². The Kier molecular flexibility index (Phi) is 5.59. The van der Waals surface area contributed by atoms with Crippen molar-refractivity contribution < 1.29 is 27.5 Å². The number of hydrogen-bond acceptors (Lipinski definition) is 4. The summed E-state index contributed by atoms with van der Waals surface area (Å²) in [4.78, 5) is 26.6. The van der Waals surface area contributed by atoms with Crippen LogP contribution < -0.4 is 10.1 Å². The Balaban J connectivity index is 1.70. The first kappa shape index (κ1) is 19.1. The lowest BCUT2D eigenvalue weighted by Gasteiger charge is -2.23. The zero-order valence-corrected chi connectivity index (χ0v) is 14.7.